The lowest BCUT2D eigenvalue weighted by Crippen LogP contribution is -2.13. The normalized spacial score (nSPS) is 10.3. The Kier molecular flexibility index (Phi) is 3.97. The van der Waals surface area contributed by atoms with E-state index in [2.05, 4.69) is 20.6 Å². The van der Waals surface area contributed by atoms with Crippen molar-refractivity contribution in [2.24, 2.45) is 0 Å². The van der Waals surface area contributed by atoms with E-state index in [-0.39, 0.29) is 11.8 Å². The highest BCUT2D eigenvalue weighted by atomic mass is 16.2. The van der Waals surface area contributed by atoms with E-state index in [1.807, 2.05) is 18.2 Å². The summed E-state index contributed by atoms with van der Waals surface area (Å²) in [4.78, 5) is 31.8. The van der Waals surface area contributed by atoms with Crippen LogP contribution >= 0.6 is 0 Å². The zero-order valence-electron chi connectivity index (χ0n) is 12.4. The van der Waals surface area contributed by atoms with E-state index in [0.29, 0.717) is 22.8 Å². The summed E-state index contributed by atoms with van der Waals surface area (Å²) >= 11 is 0. The third-order valence-corrected chi connectivity index (χ3v) is 3.13. The number of benzene rings is 1. The van der Waals surface area contributed by atoms with Gasteiger partial charge >= 0.3 is 0 Å². The second-order valence-corrected chi connectivity index (χ2v) is 4.94. The van der Waals surface area contributed by atoms with Crippen molar-refractivity contribution >= 4 is 34.5 Å². The van der Waals surface area contributed by atoms with E-state index >= 15 is 0 Å². The van der Waals surface area contributed by atoms with Gasteiger partial charge in [-0.2, -0.15) is 0 Å². The van der Waals surface area contributed by atoms with Gasteiger partial charge in [0.2, 0.25) is 5.91 Å². The molecule has 3 rings (SSSR count). The number of carbonyl (C=O) groups excluding carboxylic acids is 2. The summed E-state index contributed by atoms with van der Waals surface area (Å²) in [7, 11) is 0. The van der Waals surface area contributed by atoms with Crippen LogP contribution in [0.2, 0.25) is 0 Å². The van der Waals surface area contributed by atoms with Gasteiger partial charge in [0.05, 0.1) is 0 Å². The molecular weight excluding hydrogens is 292 g/mol. The lowest BCUT2D eigenvalue weighted by atomic mass is 10.2. The molecule has 0 spiro atoms. The van der Waals surface area contributed by atoms with E-state index in [9.17, 15) is 9.59 Å². The van der Waals surface area contributed by atoms with Crippen molar-refractivity contribution < 1.29 is 9.59 Å². The van der Waals surface area contributed by atoms with Gasteiger partial charge in [-0.15, -0.1) is 0 Å². The maximum Gasteiger partial charge on any atom is 0.256 e. The van der Waals surface area contributed by atoms with E-state index in [1.54, 1.807) is 36.4 Å². The quantitative estimate of drug-likeness (QED) is 0.779. The number of amides is 2. The Morgan fingerprint density at radius 2 is 1.43 bits per heavy atom. The summed E-state index contributed by atoms with van der Waals surface area (Å²) in [6, 6.07) is 15.9. The van der Waals surface area contributed by atoms with Gasteiger partial charge in [0.15, 0.2) is 5.65 Å². The van der Waals surface area contributed by atoms with Gasteiger partial charge in [0.25, 0.3) is 5.91 Å². The number of fused-ring (bicyclic) bond motifs is 1. The SMILES string of the molecule is CC(=O)Nc1ccc2ccc(NC(=O)c3ccccc3)nc2n1. The molecule has 2 heterocycles. The molecule has 0 saturated heterocycles. The summed E-state index contributed by atoms with van der Waals surface area (Å²) in [6.45, 7) is 1.41. The predicted octanol–water partition coefficient (Wildman–Crippen LogP) is 2.84. The summed E-state index contributed by atoms with van der Waals surface area (Å²) in [5, 5.41) is 6.16. The van der Waals surface area contributed by atoms with Crippen molar-refractivity contribution in [2.75, 3.05) is 10.6 Å². The molecule has 114 valence electrons. The molecule has 0 radical (unpaired) electrons. The van der Waals surface area contributed by atoms with Gasteiger partial charge in [0, 0.05) is 17.9 Å². The molecule has 2 N–H and O–H groups in total. The van der Waals surface area contributed by atoms with Crippen molar-refractivity contribution in [3.63, 3.8) is 0 Å². The molecule has 3 aromatic rings. The van der Waals surface area contributed by atoms with E-state index in [1.165, 1.54) is 6.92 Å². The maximum absolute atomic E-state index is 12.1. The zero-order chi connectivity index (χ0) is 16.2. The minimum Gasteiger partial charge on any atom is -0.311 e. The number of hydrogen-bond donors (Lipinski definition) is 2. The summed E-state index contributed by atoms with van der Waals surface area (Å²) < 4.78 is 0. The molecule has 0 atom stereocenters. The third-order valence-electron chi connectivity index (χ3n) is 3.13. The molecule has 23 heavy (non-hydrogen) atoms. The first-order valence-electron chi connectivity index (χ1n) is 7.03. The lowest BCUT2D eigenvalue weighted by Gasteiger charge is -2.06. The highest BCUT2D eigenvalue weighted by Gasteiger charge is 2.07. The van der Waals surface area contributed by atoms with Crippen LogP contribution in [0.25, 0.3) is 11.0 Å². The molecule has 0 aliphatic rings. The van der Waals surface area contributed by atoms with Crippen LogP contribution in [0.5, 0.6) is 0 Å². The lowest BCUT2D eigenvalue weighted by molar-refractivity contribution is -0.114. The topological polar surface area (TPSA) is 84.0 Å². The number of hydrogen-bond acceptors (Lipinski definition) is 4. The van der Waals surface area contributed by atoms with Crippen LogP contribution in [0, 0.1) is 0 Å². The van der Waals surface area contributed by atoms with Crippen molar-refractivity contribution in [1.82, 2.24) is 9.97 Å². The Morgan fingerprint density at radius 1 is 0.826 bits per heavy atom. The monoisotopic (exact) mass is 306 g/mol. The summed E-state index contributed by atoms with van der Waals surface area (Å²) in [6.07, 6.45) is 0. The Bertz CT molecular complexity index is 878. The Balaban J connectivity index is 1.86. The maximum atomic E-state index is 12.1. The smallest absolute Gasteiger partial charge is 0.256 e. The second-order valence-electron chi connectivity index (χ2n) is 4.94. The van der Waals surface area contributed by atoms with E-state index in [4.69, 9.17) is 0 Å². The first-order chi connectivity index (χ1) is 11.1. The first kappa shape index (κ1) is 14.6. The Hall–Kier alpha value is -3.28. The van der Waals surface area contributed by atoms with Gasteiger partial charge in [-0.05, 0) is 36.4 Å². The molecule has 1 aromatic carbocycles. The molecular formula is C17H14N4O2. The molecule has 0 aliphatic carbocycles. The molecule has 6 heteroatoms. The molecule has 2 aromatic heterocycles. The largest absolute Gasteiger partial charge is 0.311 e. The Morgan fingerprint density at radius 3 is 2.04 bits per heavy atom. The summed E-state index contributed by atoms with van der Waals surface area (Å²) in [5.41, 5.74) is 0.997. The van der Waals surface area contributed by atoms with Crippen molar-refractivity contribution in [2.45, 2.75) is 6.92 Å². The molecule has 6 nitrogen and oxygen atoms in total. The number of aromatic nitrogens is 2. The van der Waals surface area contributed by atoms with Crippen LogP contribution in [0.15, 0.2) is 54.6 Å². The molecule has 0 saturated carbocycles. The average molecular weight is 306 g/mol. The van der Waals surface area contributed by atoms with Crippen LogP contribution in [0.4, 0.5) is 11.6 Å². The average Bonchev–Trinajstić information content (AvgIpc) is 2.55. The first-order valence-corrected chi connectivity index (χ1v) is 7.03. The van der Waals surface area contributed by atoms with Gasteiger partial charge < -0.3 is 10.6 Å². The predicted molar refractivity (Wildman–Crippen MR) is 88.2 cm³/mol. The van der Waals surface area contributed by atoms with Crippen LogP contribution < -0.4 is 10.6 Å². The number of nitrogens with one attached hydrogen (secondary N) is 2. The number of pyridine rings is 2. The molecule has 0 bridgehead atoms. The highest BCUT2D eigenvalue weighted by Crippen LogP contribution is 2.16. The van der Waals surface area contributed by atoms with Crippen LogP contribution in [-0.4, -0.2) is 21.8 Å². The molecule has 0 fully saturated rings. The van der Waals surface area contributed by atoms with Crippen LogP contribution in [0.3, 0.4) is 0 Å². The van der Waals surface area contributed by atoms with Crippen molar-refractivity contribution in [3.05, 3.63) is 60.2 Å². The molecule has 0 aliphatic heterocycles. The van der Waals surface area contributed by atoms with E-state index in [0.717, 1.165) is 5.39 Å². The fourth-order valence-electron chi connectivity index (χ4n) is 2.10. The zero-order valence-corrected chi connectivity index (χ0v) is 12.4. The number of nitrogens with zero attached hydrogens (tertiary/aromatic N) is 2. The second kappa shape index (κ2) is 6.23. The molecule has 2 amide bonds. The van der Waals surface area contributed by atoms with Gasteiger partial charge in [-0.3, -0.25) is 9.59 Å². The number of carbonyl (C=O) groups is 2. The fraction of sp³-hybridized carbons (Fsp3) is 0.0588. The highest BCUT2D eigenvalue weighted by molar-refractivity contribution is 6.04. The summed E-state index contributed by atoms with van der Waals surface area (Å²) in [5.74, 6) is 0.378. The van der Waals surface area contributed by atoms with Crippen LogP contribution in [0.1, 0.15) is 17.3 Å². The van der Waals surface area contributed by atoms with E-state index < -0.39 is 0 Å². The van der Waals surface area contributed by atoms with Gasteiger partial charge in [-0.25, -0.2) is 9.97 Å². The standard InChI is InChI=1S/C17H14N4O2/c1-11(22)18-14-9-7-12-8-10-15(20-16(12)19-14)21-17(23)13-5-3-2-4-6-13/h2-10H,1H3,(H2,18,19,20,21,22,23). The van der Waals surface area contributed by atoms with Crippen molar-refractivity contribution in [3.8, 4) is 0 Å². The molecule has 0 unspecified atom stereocenters. The fourth-order valence-corrected chi connectivity index (χ4v) is 2.10. The Labute approximate surface area is 132 Å². The van der Waals surface area contributed by atoms with Crippen LogP contribution in [-0.2, 0) is 4.79 Å². The number of anilines is 2. The third kappa shape index (κ3) is 3.49. The van der Waals surface area contributed by atoms with Crippen molar-refractivity contribution in [1.29, 1.82) is 0 Å². The van der Waals surface area contributed by atoms with Gasteiger partial charge in [0.1, 0.15) is 11.6 Å². The minimum absolute atomic E-state index is 0.203. The minimum atomic E-state index is -0.240. The number of rotatable bonds is 3. The van der Waals surface area contributed by atoms with Gasteiger partial charge in [-0.1, -0.05) is 18.2 Å².